The Labute approximate surface area is 150 Å². The highest BCUT2D eigenvalue weighted by Gasteiger charge is 2.13. The Bertz CT molecular complexity index is 757. The van der Waals surface area contributed by atoms with Crippen LogP contribution < -0.4 is 10.6 Å². The van der Waals surface area contributed by atoms with Gasteiger partial charge < -0.3 is 10.6 Å². The summed E-state index contributed by atoms with van der Waals surface area (Å²) in [6.07, 6.45) is -0.224. The SMILES string of the molecule is Cc1ccc(NC(=O)CC(=O)Nc2ccccc2C(C)C)cc1Br. The highest BCUT2D eigenvalue weighted by atomic mass is 79.9. The molecule has 126 valence electrons. The summed E-state index contributed by atoms with van der Waals surface area (Å²) in [7, 11) is 0. The second kappa shape index (κ2) is 8.11. The fraction of sp³-hybridized carbons (Fsp3) is 0.263. The summed E-state index contributed by atoms with van der Waals surface area (Å²) in [5.41, 5.74) is 3.54. The minimum atomic E-state index is -0.342. The molecule has 0 aliphatic rings. The molecule has 24 heavy (non-hydrogen) atoms. The van der Waals surface area contributed by atoms with Crippen LogP contribution in [-0.4, -0.2) is 11.8 Å². The van der Waals surface area contributed by atoms with Crippen molar-refractivity contribution >= 4 is 39.1 Å². The lowest BCUT2D eigenvalue weighted by atomic mass is 10.0. The summed E-state index contributed by atoms with van der Waals surface area (Å²) in [6.45, 7) is 6.09. The van der Waals surface area contributed by atoms with Gasteiger partial charge in [-0.25, -0.2) is 0 Å². The summed E-state index contributed by atoms with van der Waals surface area (Å²) in [4.78, 5) is 24.2. The highest BCUT2D eigenvalue weighted by molar-refractivity contribution is 9.10. The molecule has 2 aromatic carbocycles. The smallest absolute Gasteiger partial charge is 0.233 e. The predicted octanol–water partition coefficient (Wildman–Crippen LogP) is 4.85. The van der Waals surface area contributed by atoms with E-state index in [0.717, 1.165) is 21.3 Å². The van der Waals surface area contributed by atoms with Gasteiger partial charge in [-0.15, -0.1) is 0 Å². The van der Waals surface area contributed by atoms with Gasteiger partial charge in [-0.2, -0.15) is 0 Å². The second-order valence-corrected chi connectivity index (χ2v) is 6.83. The van der Waals surface area contributed by atoms with E-state index in [0.29, 0.717) is 11.6 Å². The quantitative estimate of drug-likeness (QED) is 0.719. The maximum Gasteiger partial charge on any atom is 0.233 e. The van der Waals surface area contributed by atoms with Crippen LogP contribution in [0.2, 0.25) is 0 Å². The van der Waals surface area contributed by atoms with Gasteiger partial charge in [0, 0.05) is 15.8 Å². The third kappa shape index (κ3) is 4.93. The Kier molecular flexibility index (Phi) is 6.15. The Balaban J connectivity index is 1.97. The number of halogens is 1. The average Bonchev–Trinajstić information content (AvgIpc) is 2.51. The zero-order chi connectivity index (χ0) is 17.7. The highest BCUT2D eigenvalue weighted by Crippen LogP contribution is 2.24. The minimum Gasteiger partial charge on any atom is -0.326 e. The van der Waals surface area contributed by atoms with E-state index in [2.05, 4.69) is 40.4 Å². The Hall–Kier alpha value is -2.14. The number of amides is 2. The van der Waals surface area contributed by atoms with E-state index in [9.17, 15) is 9.59 Å². The van der Waals surface area contributed by atoms with Gasteiger partial charge in [-0.1, -0.05) is 54.0 Å². The van der Waals surface area contributed by atoms with Gasteiger partial charge in [0.1, 0.15) is 6.42 Å². The van der Waals surface area contributed by atoms with Crippen LogP contribution in [0, 0.1) is 6.92 Å². The van der Waals surface area contributed by atoms with E-state index in [1.54, 1.807) is 0 Å². The molecule has 0 aromatic heterocycles. The van der Waals surface area contributed by atoms with Crippen LogP contribution in [0.25, 0.3) is 0 Å². The Morgan fingerprint density at radius 3 is 2.38 bits per heavy atom. The molecule has 0 unspecified atom stereocenters. The van der Waals surface area contributed by atoms with Crippen LogP contribution in [0.1, 0.15) is 37.3 Å². The molecule has 0 aliphatic heterocycles. The molecule has 2 aromatic rings. The zero-order valence-corrected chi connectivity index (χ0v) is 15.6. The van der Waals surface area contributed by atoms with Crippen molar-refractivity contribution in [3.8, 4) is 0 Å². The van der Waals surface area contributed by atoms with Gasteiger partial charge >= 0.3 is 0 Å². The lowest BCUT2D eigenvalue weighted by Crippen LogP contribution is -2.22. The molecule has 0 saturated carbocycles. The van der Waals surface area contributed by atoms with E-state index in [1.807, 2.05) is 49.4 Å². The number of aryl methyl sites for hydroxylation is 1. The monoisotopic (exact) mass is 388 g/mol. The Morgan fingerprint density at radius 2 is 1.71 bits per heavy atom. The summed E-state index contributed by atoms with van der Waals surface area (Å²) >= 11 is 3.42. The first kappa shape index (κ1) is 18.2. The van der Waals surface area contributed by atoms with Crippen molar-refractivity contribution in [1.82, 2.24) is 0 Å². The third-order valence-corrected chi connectivity index (χ3v) is 4.49. The molecule has 0 bridgehead atoms. The van der Waals surface area contributed by atoms with E-state index >= 15 is 0 Å². The van der Waals surface area contributed by atoms with Crippen molar-refractivity contribution in [1.29, 1.82) is 0 Å². The second-order valence-electron chi connectivity index (χ2n) is 5.98. The van der Waals surface area contributed by atoms with Gasteiger partial charge in [0.05, 0.1) is 0 Å². The molecule has 2 amide bonds. The van der Waals surface area contributed by atoms with E-state index in [1.165, 1.54) is 0 Å². The average molecular weight is 389 g/mol. The fourth-order valence-electron chi connectivity index (χ4n) is 2.33. The van der Waals surface area contributed by atoms with Crippen LogP contribution in [0.3, 0.4) is 0 Å². The van der Waals surface area contributed by atoms with Crippen molar-refractivity contribution < 1.29 is 9.59 Å². The molecular weight excluding hydrogens is 368 g/mol. The maximum absolute atomic E-state index is 12.1. The van der Waals surface area contributed by atoms with Crippen LogP contribution in [0.4, 0.5) is 11.4 Å². The Morgan fingerprint density at radius 1 is 1.04 bits per heavy atom. The first-order chi connectivity index (χ1) is 11.4. The molecule has 5 heteroatoms. The van der Waals surface area contributed by atoms with E-state index in [-0.39, 0.29) is 18.2 Å². The number of benzene rings is 2. The standard InChI is InChI=1S/C19H21BrN2O2/c1-12(2)15-6-4-5-7-17(15)22-19(24)11-18(23)21-14-9-8-13(3)16(20)10-14/h4-10,12H,11H2,1-3H3,(H,21,23)(H,22,24). The summed E-state index contributed by atoms with van der Waals surface area (Å²) in [5.74, 6) is -0.378. The number of rotatable bonds is 5. The molecule has 4 nitrogen and oxygen atoms in total. The van der Waals surface area contributed by atoms with Gasteiger partial charge in [0.2, 0.25) is 11.8 Å². The van der Waals surface area contributed by atoms with Gasteiger partial charge in [0.25, 0.3) is 0 Å². The number of hydrogen-bond acceptors (Lipinski definition) is 2. The molecule has 0 aliphatic carbocycles. The molecule has 0 atom stereocenters. The predicted molar refractivity (Wildman–Crippen MR) is 101 cm³/mol. The molecule has 2 N–H and O–H groups in total. The lowest BCUT2D eigenvalue weighted by molar-refractivity contribution is -0.123. The molecule has 0 saturated heterocycles. The summed E-state index contributed by atoms with van der Waals surface area (Å²) in [5, 5.41) is 5.55. The number of carbonyl (C=O) groups excluding carboxylic acids is 2. The van der Waals surface area contributed by atoms with E-state index < -0.39 is 0 Å². The number of para-hydroxylation sites is 1. The zero-order valence-electron chi connectivity index (χ0n) is 14.0. The molecule has 0 radical (unpaired) electrons. The molecule has 2 rings (SSSR count). The molecule has 0 fully saturated rings. The van der Waals surface area contributed by atoms with Gasteiger partial charge in [0.15, 0.2) is 0 Å². The summed E-state index contributed by atoms with van der Waals surface area (Å²) in [6, 6.07) is 13.2. The topological polar surface area (TPSA) is 58.2 Å². The van der Waals surface area contributed by atoms with Crippen LogP contribution in [0.5, 0.6) is 0 Å². The minimum absolute atomic E-state index is 0.224. The van der Waals surface area contributed by atoms with Crippen molar-refractivity contribution in [3.63, 3.8) is 0 Å². The van der Waals surface area contributed by atoms with Crippen LogP contribution in [-0.2, 0) is 9.59 Å². The maximum atomic E-state index is 12.1. The molecular formula is C19H21BrN2O2. The summed E-state index contributed by atoms with van der Waals surface area (Å²) < 4.78 is 0.913. The van der Waals surface area contributed by atoms with Gasteiger partial charge in [-0.3, -0.25) is 9.59 Å². The first-order valence-electron chi connectivity index (χ1n) is 7.81. The first-order valence-corrected chi connectivity index (χ1v) is 8.61. The van der Waals surface area contributed by atoms with Gasteiger partial charge in [-0.05, 0) is 42.2 Å². The molecule has 0 spiro atoms. The van der Waals surface area contributed by atoms with E-state index in [4.69, 9.17) is 0 Å². The van der Waals surface area contributed by atoms with Crippen molar-refractivity contribution in [3.05, 3.63) is 58.1 Å². The number of anilines is 2. The lowest BCUT2D eigenvalue weighted by Gasteiger charge is -2.13. The van der Waals surface area contributed by atoms with Crippen LogP contribution in [0.15, 0.2) is 46.9 Å². The normalized spacial score (nSPS) is 10.5. The van der Waals surface area contributed by atoms with Crippen molar-refractivity contribution in [2.45, 2.75) is 33.1 Å². The van der Waals surface area contributed by atoms with Crippen LogP contribution >= 0.6 is 15.9 Å². The third-order valence-electron chi connectivity index (χ3n) is 3.63. The number of nitrogens with one attached hydrogen (secondary N) is 2. The van der Waals surface area contributed by atoms with Crippen molar-refractivity contribution in [2.24, 2.45) is 0 Å². The van der Waals surface area contributed by atoms with Crippen molar-refractivity contribution in [2.75, 3.05) is 10.6 Å². The largest absolute Gasteiger partial charge is 0.326 e. The fourth-order valence-corrected chi connectivity index (χ4v) is 2.71. The number of hydrogen-bond donors (Lipinski definition) is 2. The number of carbonyl (C=O) groups is 2. The molecule has 0 heterocycles.